The summed E-state index contributed by atoms with van der Waals surface area (Å²) in [5.74, 6) is 0. The van der Waals surface area contributed by atoms with E-state index in [9.17, 15) is 4.79 Å². The Balaban J connectivity index is 1.50. The molecule has 34 heavy (non-hydrogen) atoms. The molecule has 0 bridgehead atoms. The molecule has 0 saturated carbocycles. The maximum absolute atomic E-state index is 12.7. The summed E-state index contributed by atoms with van der Waals surface area (Å²) in [6, 6.07) is 16.6. The van der Waals surface area contributed by atoms with Gasteiger partial charge in [0.1, 0.15) is 0 Å². The molecule has 5 rings (SSSR count). The van der Waals surface area contributed by atoms with Crippen molar-refractivity contribution in [1.82, 2.24) is 20.1 Å². The van der Waals surface area contributed by atoms with E-state index < -0.39 is 0 Å². The second kappa shape index (κ2) is 9.21. The summed E-state index contributed by atoms with van der Waals surface area (Å²) < 4.78 is 0. The molecule has 0 spiro atoms. The van der Waals surface area contributed by atoms with E-state index in [1.165, 1.54) is 22.1 Å². The summed E-state index contributed by atoms with van der Waals surface area (Å²) in [7, 11) is 2.15. The minimum absolute atomic E-state index is 0.00356. The first-order valence-corrected chi connectivity index (χ1v) is 12.6. The van der Waals surface area contributed by atoms with E-state index in [2.05, 4.69) is 52.6 Å². The largest absolute Gasteiger partial charge is 0.349 e. The fourth-order valence-corrected chi connectivity index (χ4v) is 6.14. The van der Waals surface area contributed by atoms with Crippen molar-refractivity contribution >= 4 is 34.3 Å². The number of urea groups is 1. The molecule has 2 N–H and O–H groups in total. The van der Waals surface area contributed by atoms with Gasteiger partial charge in [-0.2, -0.15) is 5.26 Å². The lowest BCUT2D eigenvalue weighted by atomic mass is 9.81. The topological polar surface area (TPSA) is 75.2 Å². The van der Waals surface area contributed by atoms with Gasteiger partial charge < -0.3 is 15.2 Å². The quantitative estimate of drug-likeness (QED) is 0.557. The summed E-state index contributed by atoms with van der Waals surface area (Å²) in [6.07, 6.45) is 3.19. The van der Waals surface area contributed by atoms with Crippen molar-refractivity contribution in [3.05, 3.63) is 65.2 Å². The van der Waals surface area contributed by atoms with Crippen molar-refractivity contribution in [2.75, 3.05) is 26.7 Å². The Hall–Kier alpha value is -3.21. The summed E-state index contributed by atoms with van der Waals surface area (Å²) in [4.78, 5) is 21.6. The van der Waals surface area contributed by atoms with Gasteiger partial charge in [0.25, 0.3) is 0 Å². The van der Waals surface area contributed by atoms with Gasteiger partial charge in [0.2, 0.25) is 0 Å². The molecule has 2 heterocycles. The number of nitriles is 1. The van der Waals surface area contributed by atoms with Crippen LogP contribution in [0.1, 0.15) is 30.5 Å². The number of aromatic amines is 1. The number of likely N-dealkylation sites (N-methyl/N-ethyl adjacent to an activating group) is 1. The van der Waals surface area contributed by atoms with Crippen LogP contribution in [0.25, 0.3) is 16.5 Å². The van der Waals surface area contributed by atoms with Crippen LogP contribution < -0.4 is 5.32 Å². The Morgan fingerprint density at radius 3 is 2.71 bits per heavy atom. The lowest BCUT2D eigenvalue weighted by molar-refractivity contribution is 0.193. The number of aromatic nitrogens is 1. The molecule has 2 aliphatic rings. The highest BCUT2D eigenvalue weighted by Crippen LogP contribution is 2.44. The number of nitrogens with zero attached hydrogens (tertiary/aromatic N) is 3. The summed E-state index contributed by atoms with van der Waals surface area (Å²) in [6.45, 7) is 6.21. The zero-order valence-corrected chi connectivity index (χ0v) is 20.6. The first-order chi connectivity index (χ1) is 16.5. The molecule has 174 valence electrons. The normalized spacial score (nSPS) is 19.3. The number of carbonyl (C=O) groups excluding carboxylic acids is 1. The van der Waals surface area contributed by atoms with Gasteiger partial charge in [-0.05, 0) is 74.3 Å². The van der Waals surface area contributed by atoms with Crippen LogP contribution in [-0.4, -0.2) is 59.6 Å². The van der Waals surface area contributed by atoms with E-state index in [0.29, 0.717) is 18.7 Å². The molecular formula is C27H29N5OS. The highest BCUT2D eigenvalue weighted by atomic mass is 32.2. The molecule has 2 amide bonds. The third kappa shape index (κ3) is 3.97. The first-order valence-electron chi connectivity index (χ1n) is 11.8. The highest BCUT2D eigenvalue weighted by Gasteiger charge is 2.35. The number of rotatable bonds is 5. The van der Waals surface area contributed by atoms with E-state index in [4.69, 9.17) is 5.26 Å². The predicted octanol–water partition coefficient (Wildman–Crippen LogP) is 4.86. The zero-order valence-electron chi connectivity index (χ0n) is 19.8. The monoisotopic (exact) mass is 471 g/mol. The number of benzene rings is 2. The maximum Gasteiger partial charge on any atom is 0.317 e. The lowest BCUT2D eigenvalue weighted by Crippen LogP contribution is -2.52. The zero-order chi connectivity index (χ0) is 23.8. The minimum Gasteiger partial charge on any atom is -0.349 e. The van der Waals surface area contributed by atoms with Crippen LogP contribution in [0.4, 0.5) is 4.79 Å². The molecule has 6 nitrogen and oxygen atoms in total. The van der Waals surface area contributed by atoms with E-state index in [0.717, 1.165) is 28.4 Å². The fourth-order valence-electron chi connectivity index (χ4n) is 5.16. The van der Waals surface area contributed by atoms with Crippen LogP contribution in [0.3, 0.4) is 0 Å². The molecule has 7 heteroatoms. The molecule has 0 unspecified atom stereocenters. The van der Waals surface area contributed by atoms with Crippen LogP contribution in [-0.2, 0) is 6.42 Å². The number of hydrogen-bond donors (Lipinski definition) is 2. The van der Waals surface area contributed by atoms with Crippen molar-refractivity contribution < 1.29 is 4.79 Å². The molecule has 2 atom stereocenters. The Morgan fingerprint density at radius 2 is 2.00 bits per heavy atom. The summed E-state index contributed by atoms with van der Waals surface area (Å²) in [5, 5.41) is 14.8. The molecule has 1 aliphatic carbocycles. The Morgan fingerprint density at radius 1 is 1.24 bits per heavy atom. The van der Waals surface area contributed by atoms with Gasteiger partial charge in [-0.1, -0.05) is 30.0 Å². The molecule has 0 radical (unpaired) electrons. The lowest BCUT2D eigenvalue weighted by Gasteiger charge is -2.40. The van der Waals surface area contributed by atoms with Gasteiger partial charge in [-0.15, -0.1) is 0 Å². The second-order valence-electron chi connectivity index (χ2n) is 8.91. The van der Waals surface area contributed by atoms with E-state index in [-0.39, 0.29) is 18.1 Å². The molecule has 0 saturated heterocycles. The fraction of sp³-hybridized carbons (Fsp3) is 0.333. The third-order valence-corrected chi connectivity index (χ3v) is 7.98. The van der Waals surface area contributed by atoms with Gasteiger partial charge in [0.15, 0.2) is 0 Å². The predicted molar refractivity (Wildman–Crippen MR) is 137 cm³/mol. The number of amides is 2. The number of carbonyl (C=O) groups is 1. The average molecular weight is 472 g/mol. The molecule has 0 fully saturated rings. The minimum atomic E-state index is -0.0207. The molecule has 2 aromatic carbocycles. The van der Waals surface area contributed by atoms with Gasteiger partial charge in [-0.25, -0.2) is 4.79 Å². The number of H-pyrrole nitrogens is 1. The molecule has 1 aromatic heterocycles. The summed E-state index contributed by atoms with van der Waals surface area (Å²) >= 11 is 1.72. The van der Waals surface area contributed by atoms with Crippen molar-refractivity contribution in [2.45, 2.75) is 42.3 Å². The van der Waals surface area contributed by atoms with Gasteiger partial charge >= 0.3 is 6.03 Å². The van der Waals surface area contributed by atoms with E-state index >= 15 is 0 Å². The Kier molecular flexibility index (Phi) is 6.11. The Labute approximate surface area is 204 Å². The van der Waals surface area contributed by atoms with Crippen molar-refractivity contribution in [1.29, 1.82) is 5.26 Å². The van der Waals surface area contributed by atoms with Crippen molar-refractivity contribution in [3.8, 4) is 6.07 Å². The van der Waals surface area contributed by atoms with Crippen LogP contribution in [0.5, 0.6) is 0 Å². The van der Waals surface area contributed by atoms with E-state index in [1.54, 1.807) is 11.8 Å². The smallest absolute Gasteiger partial charge is 0.317 e. The second-order valence-corrected chi connectivity index (χ2v) is 9.99. The van der Waals surface area contributed by atoms with Gasteiger partial charge in [-0.3, -0.25) is 4.90 Å². The van der Waals surface area contributed by atoms with E-state index in [1.807, 2.05) is 43.0 Å². The number of hydrogen-bond acceptors (Lipinski definition) is 4. The molecular weight excluding hydrogens is 442 g/mol. The SMILES string of the molecule is CCN(CC)C(=O)N[C@H]1C=C2c3cccc4[nH]c(Sc5ccc(C#N)cc5)c(c34)C[C@H]2N(C)C1. The highest BCUT2D eigenvalue weighted by molar-refractivity contribution is 7.99. The van der Waals surface area contributed by atoms with Crippen LogP contribution in [0.15, 0.2) is 58.5 Å². The summed E-state index contributed by atoms with van der Waals surface area (Å²) in [5.41, 5.74) is 5.70. The average Bonchev–Trinajstić information content (AvgIpc) is 3.19. The van der Waals surface area contributed by atoms with Crippen LogP contribution >= 0.6 is 11.8 Å². The van der Waals surface area contributed by atoms with Crippen molar-refractivity contribution in [3.63, 3.8) is 0 Å². The van der Waals surface area contributed by atoms with Crippen LogP contribution in [0.2, 0.25) is 0 Å². The van der Waals surface area contributed by atoms with Gasteiger partial charge in [0, 0.05) is 41.5 Å². The number of nitrogens with one attached hydrogen (secondary N) is 2. The molecule has 3 aromatic rings. The first kappa shape index (κ1) is 22.6. The van der Waals surface area contributed by atoms with Gasteiger partial charge in [0.05, 0.1) is 22.7 Å². The number of fused-ring (bicyclic) bond motifs is 2. The van der Waals surface area contributed by atoms with Crippen molar-refractivity contribution in [2.24, 2.45) is 0 Å². The Bertz CT molecular complexity index is 1300. The standard InChI is InChI=1S/C27H29N5OS/c1-4-32(5-2)27(33)29-18-13-21-20-7-6-8-23-25(20)22(14-24(21)31(3)16-18)26(30-23)34-19-11-9-17(15-28)10-12-19/h6-13,18,24,30H,4-5,14,16H2,1-3H3,(H,29,33)/t18-,24+/m0/s1. The third-order valence-electron chi connectivity index (χ3n) is 6.92. The maximum atomic E-state index is 12.7. The van der Waals surface area contributed by atoms with Crippen LogP contribution in [0, 0.1) is 11.3 Å². The molecule has 1 aliphatic heterocycles.